The van der Waals surface area contributed by atoms with Gasteiger partial charge in [-0.25, -0.2) is 9.79 Å². The molecule has 2 aliphatic heterocycles. The second-order valence-corrected chi connectivity index (χ2v) is 7.59. The summed E-state index contributed by atoms with van der Waals surface area (Å²) in [5.41, 5.74) is 12.5. The van der Waals surface area contributed by atoms with Gasteiger partial charge in [0.15, 0.2) is 17.6 Å². The molecule has 2 aliphatic rings. The lowest BCUT2D eigenvalue weighted by molar-refractivity contribution is -0.0180. The van der Waals surface area contributed by atoms with Crippen molar-refractivity contribution in [3.05, 3.63) is 41.6 Å². The first-order chi connectivity index (χ1) is 14.9. The predicted molar refractivity (Wildman–Crippen MR) is 114 cm³/mol. The second-order valence-electron chi connectivity index (χ2n) is 7.59. The van der Waals surface area contributed by atoms with Gasteiger partial charge in [-0.3, -0.25) is 9.98 Å². The van der Waals surface area contributed by atoms with Crippen molar-refractivity contribution in [1.82, 2.24) is 15.2 Å². The number of rotatable bonds is 6. The van der Waals surface area contributed by atoms with Gasteiger partial charge in [0, 0.05) is 11.1 Å². The zero-order valence-electron chi connectivity index (χ0n) is 17.0. The Morgan fingerprint density at radius 2 is 2.16 bits per heavy atom. The monoisotopic (exact) mass is 427 g/mol. The van der Waals surface area contributed by atoms with Crippen LogP contribution >= 0.6 is 0 Å². The minimum Gasteiger partial charge on any atom is -0.454 e. The second kappa shape index (κ2) is 8.00. The molecule has 3 atom stereocenters. The molecule has 0 unspecified atom stereocenters. The average molecular weight is 427 g/mol. The number of ether oxygens (including phenoxy) is 1. The maximum atomic E-state index is 13.0. The number of carbonyl (C=O) groups excluding carboxylic acids is 1. The summed E-state index contributed by atoms with van der Waals surface area (Å²) in [5, 5.41) is 23.7. The highest BCUT2D eigenvalue weighted by Gasteiger charge is 2.52. The molecule has 4 rings (SSSR count). The summed E-state index contributed by atoms with van der Waals surface area (Å²) in [4.78, 5) is 27.4. The Hall–Kier alpha value is -3.44. The molecule has 0 amide bonds. The Labute approximate surface area is 178 Å². The molecule has 1 aromatic heterocycles. The number of nitrogens with two attached hydrogens (primary N) is 2. The maximum Gasteiger partial charge on any atom is 0.339 e. The molecule has 2 aromatic rings. The Balaban J connectivity index is 1.58. The van der Waals surface area contributed by atoms with E-state index in [9.17, 15) is 15.0 Å². The van der Waals surface area contributed by atoms with E-state index in [0.717, 1.165) is 0 Å². The molecule has 0 radical (unpaired) electrons. The van der Waals surface area contributed by atoms with Gasteiger partial charge in [0.25, 0.3) is 0 Å². The van der Waals surface area contributed by atoms with E-state index in [2.05, 4.69) is 20.3 Å². The molecular weight excluding hydrogens is 402 g/mol. The van der Waals surface area contributed by atoms with E-state index in [1.807, 2.05) is 18.2 Å². The number of benzene rings is 1. The van der Waals surface area contributed by atoms with Crippen LogP contribution in [0.5, 0.6) is 0 Å². The average Bonchev–Trinajstić information content (AvgIpc) is 3.10. The van der Waals surface area contributed by atoms with Crippen molar-refractivity contribution in [2.75, 3.05) is 26.3 Å². The van der Waals surface area contributed by atoms with Crippen LogP contribution in [0.2, 0.25) is 0 Å². The molecule has 0 fully saturated rings. The minimum atomic E-state index is -1.12. The third-order valence-electron chi connectivity index (χ3n) is 5.54. The molecular formula is C20H25N7O4. The fourth-order valence-corrected chi connectivity index (χ4v) is 4.04. The van der Waals surface area contributed by atoms with Crippen molar-refractivity contribution in [1.29, 1.82) is 0 Å². The van der Waals surface area contributed by atoms with Crippen molar-refractivity contribution in [2.24, 2.45) is 21.5 Å². The standard InChI is InChI=1S/C20H25N7O4/c1-11-6-14(13-4-2-3-5-15(13)24-11)17(30)31-12(9-28)8-27-19(22)23-7-16-20(27,10-29)26-18(21)25-16/h2-6,12,16,28-29H,7-10H2,1H3,(H2,22,23)(H3,21,25,26)/t12-,16-,20+/m0/s1. The van der Waals surface area contributed by atoms with Crippen molar-refractivity contribution in [2.45, 2.75) is 24.7 Å². The van der Waals surface area contributed by atoms with Gasteiger partial charge in [0.05, 0.1) is 37.4 Å². The molecule has 3 heterocycles. The van der Waals surface area contributed by atoms with Gasteiger partial charge < -0.3 is 36.6 Å². The molecule has 164 valence electrons. The van der Waals surface area contributed by atoms with E-state index in [1.165, 1.54) is 4.90 Å². The summed E-state index contributed by atoms with van der Waals surface area (Å²) in [7, 11) is 0. The SMILES string of the molecule is Cc1cc(C(=O)O[C@H](CO)CN2C(N)=NC[C@@H]3N=C(N)N[C@@]32CO)c2ccccc2n1. The zero-order chi connectivity index (χ0) is 22.2. The van der Waals surface area contributed by atoms with Crippen LogP contribution in [0, 0.1) is 6.92 Å². The third-order valence-corrected chi connectivity index (χ3v) is 5.54. The van der Waals surface area contributed by atoms with E-state index in [1.54, 1.807) is 19.1 Å². The van der Waals surface area contributed by atoms with E-state index in [0.29, 0.717) is 22.2 Å². The van der Waals surface area contributed by atoms with E-state index >= 15 is 0 Å². The number of nitrogens with one attached hydrogen (secondary N) is 1. The summed E-state index contributed by atoms with van der Waals surface area (Å²) < 4.78 is 5.62. The van der Waals surface area contributed by atoms with Crippen LogP contribution < -0.4 is 16.8 Å². The lowest BCUT2D eigenvalue weighted by Crippen LogP contribution is -2.72. The number of aliphatic hydroxyl groups is 2. The van der Waals surface area contributed by atoms with Crippen LogP contribution in [0.25, 0.3) is 10.9 Å². The predicted octanol–water partition coefficient (Wildman–Crippen LogP) is -1.33. The Bertz CT molecular complexity index is 1070. The molecule has 31 heavy (non-hydrogen) atoms. The Kier molecular flexibility index (Phi) is 5.38. The normalized spacial score (nSPS) is 23.6. The first kappa shape index (κ1) is 20.8. The highest BCUT2D eigenvalue weighted by atomic mass is 16.6. The third kappa shape index (κ3) is 3.62. The summed E-state index contributed by atoms with van der Waals surface area (Å²) in [5.74, 6) is -0.314. The number of aliphatic imine (C=N–C) groups is 2. The van der Waals surface area contributed by atoms with Crippen LogP contribution in [-0.4, -0.2) is 82.1 Å². The first-order valence-corrected chi connectivity index (χ1v) is 9.86. The number of fused-ring (bicyclic) bond motifs is 2. The highest BCUT2D eigenvalue weighted by molar-refractivity contribution is 6.03. The quantitative estimate of drug-likeness (QED) is 0.350. The molecule has 0 spiro atoms. The maximum absolute atomic E-state index is 13.0. The lowest BCUT2D eigenvalue weighted by Gasteiger charge is -2.46. The number of guanidine groups is 2. The van der Waals surface area contributed by atoms with E-state index < -0.39 is 30.4 Å². The van der Waals surface area contributed by atoms with Crippen molar-refractivity contribution < 1.29 is 19.7 Å². The van der Waals surface area contributed by atoms with Gasteiger partial charge in [-0.1, -0.05) is 18.2 Å². The lowest BCUT2D eigenvalue weighted by atomic mass is 9.98. The Morgan fingerprint density at radius 1 is 1.39 bits per heavy atom. The zero-order valence-corrected chi connectivity index (χ0v) is 17.0. The number of para-hydroxylation sites is 1. The van der Waals surface area contributed by atoms with Crippen LogP contribution in [0.1, 0.15) is 16.1 Å². The summed E-state index contributed by atoms with van der Waals surface area (Å²) in [6, 6.07) is 8.43. The van der Waals surface area contributed by atoms with E-state index in [4.69, 9.17) is 16.2 Å². The Morgan fingerprint density at radius 3 is 2.90 bits per heavy atom. The largest absolute Gasteiger partial charge is 0.454 e. The van der Waals surface area contributed by atoms with Crippen molar-refractivity contribution in [3.8, 4) is 0 Å². The van der Waals surface area contributed by atoms with Gasteiger partial charge in [0.1, 0.15) is 12.1 Å². The van der Waals surface area contributed by atoms with Gasteiger partial charge in [-0.15, -0.1) is 0 Å². The topological polar surface area (TPSA) is 172 Å². The van der Waals surface area contributed by atoms with Crippen molar-refractivity contribution >= 4 is 28.8 Å². The van der Waals surface area contributed by atoms with Crippen LogP contribution in [0.3, 0.4) is 0 Å². The van der Waals surface area contributed by atoms with Gasteiger partial charge >= 0.3 is 5.97 Å². The number of pyridine rings is 1. The first-order valence-electron chi connectivity index (χ1n) is 9.86. The van der Waals surface area contributed by atoms with Gasteiger partial charge in [-0.05, 0) is 19.1 Å². The van der Waals surface area contributed by atoms with Crippen LogP contribution in [-0.2, 0) is 4.74 Å². The summed E-state index contributed by atoms with van der Waals surface area (Å²) >= 11 is 0. The molecule has 0 saturated carbocycles. The molecule has 7 N–H and O–H groups in total. The molecule has 11 nitrogen and oxygen atoms in total. The number of hydrogen-bond donors (Lipinski definition) is 5. The summed E-state index contributed by atoms with van der Waals surface area (Å²) in [6.07, 6.45) is -0.945. The van der Waals surface area contributed by atoms with Crippen LogP contribution in [0.4, 0.5) is 0 Å². The van der Waals surface area contributed by atoms with Crippen LogP contribution in [0.15, 0.2) is 40.3 Å². The number of esters is 1. The number of carbonyl (C=O) groups is 1. The van der Waals surface area contributed by atoms with Crippen molar-refractivity contribution in [3.63, 3.8) is 0 Å². The number of aryl methyl sites for hydroxylation is 1. The number of nitrogens with zero attached hydrogens (tertiary/aromatic N) is 4. The van der Waals surface area contributed by atoms with Gasteiger partial charge in [0.2, 0.25) is 0 Å². The summed E-state index contributed by atoms with van der Waals surface area (Å²) in [6.45, 7) is 1.20. The smallest absolute Gasteiger partial charge is 0.339 e. The van der Waals surface area contributed by atoms with E-state index in [-0.39, 0.29) is 31.6 Å². The number of aromatic nitrogens is 1. The molecule has 1 aromatic carbocycles. The number of aliphatic hydroxyl groups excluding tert-OH is 2. The number of hydrogen-bond acceptors (Lipinski definition) is 11. The molecule has 0 bridgehead atoms. The van der Waals surface area contributed by atoms with Gasteiger partial charge in [-0.2, -0.15) is 0 Å². The molecule has 0 saturated heterocycles. The minimum absolute atomic E-state index is 0.0214. The fraction of sp³-hybridized carbons (Fsp3) is 0.400. The molecule has 0 aliphatic carbocycles. The molecule has 11 heteroatoms. The highest BCUT2D eigenvalue weighted by Crippen LogP contribution is 2.28. The fourth-order valence-electron chi connectivity index (χ4n) is 4.04.